The molecule has 12 rings (SSSR count). The van der Waals surface area contributed by atoms with Crippen LogP contribution in [0.2, 0.25) is 0 Å². The minimum Gasteiger partial charge on any atom is -0.478 e. The fourth-order valence-electron chi connectivity index (χ4n) is 17.0. The third-order valence-electron chi connectivity index (χ3n) is 23.8. The summed E-state index contributed by atoms with van der Waals surface area (Å²) in [6, 6.07) is 36.9. The maximum absolute atomic E-state index is 13.3. The van der Waals surface area contributed by atoms with Gasteiger partial charge in [-0.3, -0.25) is 33.6 Å². The van der Waals surface area contributed by atoms with E-state index in [2.05, 4.69) is 103 Å². The Bertz CT molecular complexity index is 5100. The number of esters is 7. The van der Waals surface area contributed by atoms with Crippen LogP contribution in [0, 0.1) is 17.8 Å². The van der Waals surface area contributed by atoms with Gasteiger partial charge >= 0.3 is 116 Å². The van der Waals surface area contributed by atoms with Crippen molar-refractivity contribution in [1.82, 2.24) is 0 Å². The molecule has 0 spiro atoms. The largest absolute Gasteiger partial charge is 0.478 e. The fraction of sp³-hybridized carbons (Fsp3) is 0.505. The molecule has 6 aliphatic rings. The zero-order valence-electron chi connectivity index (χ0n) is 79.3. The van der Waals surface area contributed by atoms with Gasteiger partial charge in [0.15, 0.2) is 24.4 Å². The third kappa shape index (κ3) is 35.2. The Balaban J connectivity index is 0.000000351. The van der Waals surface area contributed by atoms with Gasteiger partial charge in [-0.2, -0.15) is 0 Å². The maximum atomic E-state index is 13.3. The number of anilines is 4. The molecule has 48 heteroatoms. The van der Waals surface area contributed by atoms with Crippen LogP contribution in [0.5, 0.6) is 0 Å². The van der Waals surface area contributed by atoms with Gasteiger partial charge in [-0.1, -0.05) is 107 Å². The van der Waals surface area contributed by atoms with E-state index in [0.29, 0.717) is 70.2 Å². The van der Waals surface area contributed by atoms with E-state index in [1.54, 1.807) is 97.1 Å². The van der Waals surface area contributed by atoms with Crippen LogP contribution in [0.1, 0.15) is 188 Å². The Morgan fingerprint density at radius 3 is 0.881 bits per heavy atom. The van der Waals surface area contributed by atoms with E-state index >= 15 is 0 Å². The van der Waals surface area contributed by atoms with Crippen molar-refractivity contribution in [3.8, 4) is 0 Å². The molecule has 6 fully saturated rings. The van der Waals surface area contributed by atoms with Crippen LogP contribution >= 0.6 is 98.4 Å². The minimum absolute atomic E-state index is 0. The van der Waals surface area contributed by atoms with Gasteiger partial charge in [0.2, 0.25) is 0 Å². The molecule has 794 valence electrons. The van der Waals surface area contributed by atoms with E-state index < -0.39 is 238 Å². The Kier molecular flexibility index (Phi) is 52.6. The van der Waals surface area contributed by atoms with Crippen molar-refractivity contribution < 1.29 is 200 Å². The summed E-state index contributed by atoms with van der Waals surface area (Å²) in [5, 5.41) is 147. The molecule has 143 heavy (non-hydrogen) atoms. The van der Waals surface area contributed by atoms with Crippen LogP contribution in [-0.4, -0.2) is 292 Å². The van der Waals surface area contributed by atoms with Gasteiger partial charge in [0.25, 0.3) is 0 Å². The summed E-state index contributed by atoms with van der Waals surface area (Å²) in [5.74, 6) is -6.47. The second kappa shape index (κ2) is 60.4. The number of ether oxygens (including phenoxy) is 13. The number of aliphatic hydroxyl groups is 12. The third-order valence-corrected chi connectivity index (χ3v) is 23.8. The van der Waals surface area contributed by atoms with Gasteiger partial charge in [-0.15, -0.1) is 24.0 Å². The number of halogens is 6. The van der Waals surface area contributed by atoms with E-state index in [0.717, 1.165) is 32.8 Å². The van der Waals surface area contributed by atoms with Crippen LogP contribution in [-0.2, 0) is 95.1 Å². The number of aromatic carboxylic acids is 2. The van der Waals surface area contributed by atoms with E-state index in [9.17, 15) is 114 Å². The van der Waals surface area contributed by atoms with Gasteiger partial charge in [0, 0.05) is 122 Å². The molecule has 0 bridgehead atoms. The molecule has 0 aromatic heterocycles. The number of carbonyl (C=O) groups is 11. The number of rotatable bonds is 25. The van der Waals surface area contributed by atoms with Gasteiger partial charge < -0.3 is 154 Å². The first-order valence-electron chi connectivity index (χ1n) is 44.6. The number of hydrogen-bond donors (Lipinski definition) is 18. The average molecular weight is 2690 g/mol. The van der Waals surface area contributed by atoms with Crippen molar-refractivity contribution in [3.05, 3.63) is 190 Å². The van der Waals surface area contributed by atoms with Crippen molar-refractivity contribution in [3.63, 3.8) is 0 Å². The monoisotopic (exact) mass is 2690 g/mol. The number of hydrogen-bond acceptors (Lipinski definition) is 36. The van der Waals surface area contributed by atoms with Gasteiger partial charge in [-0.05, 0) is 125 Å². The molecule has 0 aliphatic carbocycles. The topological polar surface area (TPSA) is 639 Å². The second-order valence-corrected chi connectivity index (χ2v) is 50.0. The summed E-state index contributed by atoms with van der Waals surface area (Å²) < 4.78 is 73.7. The number of benzene rings is 6. The average Bonchev–Trinajstić information content (AvgIpc) is 0.793. The van der Waals surface area contributed by atoms with Crippen molar-refractivity contribution in [2.75, 3.05) is 47.7 Å². The summed E-state index contributed by atoms with van der Waals surface area (Å²) in [4.78, 5) is 132. The Morgan fingerprint density at radius 2 is 0.573 bits per heavy atom. The van der Waals surface area contributed by atoms with E-state index in [1.165, 1.54) is 70.2 Å². The van der Waals surface area contributed by atoms with Crippen LogP contribution in [0.4, 0.5) is 32.3 Å². The van der Waals surface area contributed by atoms with Crippen LogP contribution in [0.25, 0.3) is 0 Å². The van der Waals surface area contributed by atoms with E-state index in [-0.39, 0.29) is 73.1 Å². The summed E-state index contributed by atoms with van der Waals surface area (Å²) in [6.07, 6.45) is -28.1. The second-order valence-electron chi connectivity index (χ2n) is 33.7. The molecule has 6 aromatic rings. The summed E-state index contributed by atoms with van der Waals surface area (Å²) in [5.41, 5.74) is 4.35. The first-order chi connectivity index (χ1) is 67.3. The van der Waals surface area contributed by atoms with Crippen molar-refractivity contribution in [1.29, 1.82) is 0 Å². The zero-order chi connectivity index (χ0) is 106. The van der Waals surface area contributed by atoms with Crippen LogP contribution in [0.15, 0.2) is 146 Å². The Morgan fingerprint density at radius 1 is 0.322 bits per heavy atom. The molecule has 0 saturated carbocycles. The molecule has 4 amide bonds. The van der Waals surface area contributed by atoms with Crippen LogP contribution < -0.4 is 34.5 Å². The number of carbonyl (C=O) groups excluding carboxylic acids is 9. The number of carboxylic acids is 2. The molecule has 0 radical (unpaired) electrons. The number of urea groups is 2. The molecule has 6 heterocycles. The number of amides is 4. The van der Waals surface area contributed by atoms with Crippen molar-refractivity contribution in [2.45, 2.75) is 261 Å². The normalized spacial score (nSPS) is 29.9. The molecule has 6 aromatic carbocycles. The van der Waals surface area contributed by atoms with Gasteiger partial charge in [0.05, 0.1) is 43.2 Å². The molecular weight excluding hydrogens is 2570 g/mol. The molecular formula is C95H123I6N4O38-. The molecule has 0 unspecified atom stereocenters. The quantitative estimate of drug-likeness (QED) is 0.0163. The molecule has 6 saturated heterocycles. The smallest absolute Gasteiger partial charge is 0.335 e. The molecule has 30 atom stereocenters. The minimum atomic E-state index is -1.54. The fourth-order valence-corrected chi connectivity index (χ4v) is 17.0. The van der Waals surface area contributed by atoms with E-state index in [4.69, 9.17) is 71.8 Å². The predicted molar refractivity (Wildman–Crippen MR) is 550 cm³/mol. The predicted octanol–water partition coefficient (Wildman–Crippen LogP) is 6.59. The number of nitrogens with one attached hydrogen (secondary N) is 4. The summed E-state index contributed by atoms with van der Waals surface area (Å²) in [7, 11) is 0. The Labute approximate surface area is 895 Å². The van der Waals surface area contributed by atoms with Crippen molar-refractivity contribution >= 4 is 187 Å². The summed E-state index contributed by atoms with van der Waals surface area (Å²) in [6.45, 7) is 16.5. The maximum Gasteiger partial charge on any atom is 0.335 e. The number of carboxylic acid groups (broad SMARTS) is 2. The molecule has 18 N–H and O–H groups in total. The first kappa shape index (κ1) is 124. The number of aliphatic hydroxyl groups excluding tert-OH is 12. The SMILES string of the molecule is CC[C@H]1O[C@H](c2cccc(C(=O)O)c2)[C@@H](OC(C)=O)[C@@H](OC(C)=O)[C@@H]1C.CC[C@H]1O[C@H](c2cccc(NC(=O)Nc3cccc([C@H]4O[C@H](COC(C)=O)[C@@H](OC(C)=O)[C@H](OC(C)=O)[C@@H]4OC(C)=O)c3)c2)[C@@H](OC(C)=O)[C@@H](C)[C@@H]1C.I.II.I[I-]I.O=C(Nc1cccc([C@H]2O[C@H](CO)[C@@H](O)[C@H](O)[C@@H]2O)c1)Nc1cccc([C@H]2O[C@H](CO)[C@@H](O)[C@H](O)[C@@H]2O)c1.O=C(O)c1cccc([C@H]2O[C@H](CO)[C@@H](O)[C@H](O)[C@@H]2O)c1.[2HH]. The Hall–Kier alpha value is -7.25. The molecule has 42 nitrogen and oxygen atoms in total. The first-order valence-corrected chi connectivity index (χ1v) is 63.5. The van der Waals surface area contributed by atoms with Crippen LogP contribution in [0.3, 0.4) is 0 Å². The zero-order valence-corrected chi connectivity index (χ0v) is 92.4. The van der Waals surface area contributed by atoms with Crippen molar-refractivity contribution in [2.24, 2.45) is 17.8 Å². The standard InChI is InChI=1S/C38H48N2O13.C25H32N2O11.C19H24O7.C13H16O7.I3.I2.HI.H2/c1-9-30-19(2)20(3)32(48-22(5)42)33(52-30)26-12-10-14-28(16-26)39-38(46)40-29-15-11-13-27(17-29)34-36(50-24(7)44)37(51-25(8)45)35(49-23(6)43)31(53-34)18-47-21(4)41;28-9-15-17(30)19(32)21(34)23(37-15)11-3-1-5-13(7-11)26-25(36)27-14-6-2-4-12(8-14)24-22(35)20(33)18(31)16(10-29)38-24;1-5-15-10(2)16(24-11(3)20)18(25-12(4)21)17(26-15)13-7-6-8-14(9-13)19(22)23;14-5-8-9(15)10(16)11(17)12(20-8)6-2-1-3-7(4-6)13(18)19;1-3-2;1-2;;/h10-17,19-20,30-37H,9,18H2,1-8H3,(H2,39,40,46);1-8,15-24,28-35H,9-10H2,(H2,26,27,36);6-10,15-18H,5H2,1-4H3,(H,22,23);1-4,8-12,14-17H,5H2,(H,18,19);;;2*1H/q;;;;-1;;;/t19-,20-,30+,31+,32-,33+,34+,35+,36+,37-;15-,16-,17-,18-,19+,20+,21+,22+,23-,24-;10-,15-,16+,17-,18+;8-,9-,10+,11+,12-;;;;/m0111..../s1/i;;;;;;;1+1. The summed E-state index contributed by atoms with van der Waals surface area (Å²) >= 11 is 9.54. The van der Waals surface area contributed by atoms with Gasteiger partial charge in [0.1, 0.15) is 135 Å². The molecule has 6 aliphatic heterocycles. The van der Waals surface area contributed by atoms with Gasteiger partial charge in [-0.25, -0.2) is 19.2 Å². The van der Waals surface area contributed by atoms with E-state index in [1.807, 2.05) is 33.8 Å².